The lowest BCUT2D eigenvalue weighted by Crippen LogP contribution is -2.45. The largest absolute Gasteiger partial charge is 0.360 e. The van der Waals surface area contributed by atoms with Crippen molar-refractivity contribution in [1.29, 1.82) is 0 Å². The summed E-state index contributed by atoms with van der Waals surface area (Å²) >= 11 is 0. The van der Waals surface area contributed by atoms with Crippen molar-refractivity contribution in [1.82, 2.24) is 14.8 Å². The fourth-order valence-corrected chi connectivity index (χ4v) is 4.79. The van der Waals surface area contributed by atoms with Crippen LogP contribution in [0.25, 0.3) is 0 Å². The van der Waals surface area contributed by atoms with Gasteiger partial charge in [0.25, 0.3) is 0 Å². The Balaban J connectivity index is 2.08. The van der Waals surface area contributed by atoms with Gasteiger partial charge in [-0.15, -0.1) is 0 Å². The van der Waals surface area contributed by atoms with Gasteiger partial charge in [-0.25, -0.2) is 13.1 Å². The van der Waals surface area contributed by atoms with E-state index < -0.39 is 10.0 Å². The SMILES string of the molecule is Cc1noc(C)c1S(=O)(=O)NC[C@H](C1CCCCC1)N(C)C. The Hall–Kier alpha value is -0.920. The Morgan fingerprint density at radius 2 is 1.91 bits per heavy atom. The van der Waals surface area contributed by atoms with E-state index >= 15 is 0 Å². The van der Waals surface area contributed by atoms with Crippen LogP contribution in [0.4, 0.5) is 0 Å². The predicted molar refractivity (Wildman–Crippen MR) is 85.2 cm³/mol. The van der Waals surface area contributed by atoms with E-state index in [9.17, 15) is 8.42 Å². The number of nitrogens with one attached hydrogen (secondary N) is 1. The molecule has 1 fully saturated rings. The van der Waals surface area contributed by atoms with Gasteiger partial charge in [0.15, 0.2) is 5.76 Å². The van der Waals surface area contributed by atoms with E-state index in [0.29, 0.717) is 23.9 Å². The maximum atomic E-state index is 12.5. The number of aryl methyl sites for hydroxylation is 2. The first-order valence-corrected chi connectivity index (χ1v) is 9.40. The third kappa shape index (κ3) is 3.88. The van der Waals surface area contributed by atoms with Crippen LogP contribution in [0, 0.1) is 19.8 Å². The third-order valence-electron chi connectivity index (χ3n) is 4.58. The normalized spacial score (nSPS) is 18.8. The van der Waals surface area contributed by atoms with Crippen LogP contribution < -0.4 is 4.72 Å². The molecule has 0 amide bonds. The van der Waals surface area contributed by atoms with Crippen LogP contribution in [0.3, 0.4) is 0 Å². The molecule has 1 heterocycles. The van der Waals surface area contributed by atoms with Crippen molar-refractivity contribution >= 4 is 10.0 Å². The average molecular weight is 329 g/mol. The van der Waals surface area contributed by atoms with E-state index in [1.807, 2.05) is 14.1 Å². The summed E-state index contributed by atoms with van der Waals surface area (Å²) in [5.74, 6) is 0.889. The molecule has 0 bridgehead atoms. The second kappa shape index (κ2) is 7.10. The van der Waals surface area contributed by atoms with E-state index in [-0.39, 0.29) is 10.9 Å². The Morgan fingerprint density at radius 1 is 1.27 bits per heavy atom. The standard InChI is InChI=1S/C15H27N3O3S/c1-11-15(12(2)21-17-11)22(19,20)16-10-14(18(3)4)13-8-6-5-7-9-13/h13-14,16H,5-10H2,1-4H3/t14-/m1/s1. The Morgan fingerprint density at radius 3 is 2.41 bits per heavy atom. The molecule has 0 aliphatic heterocycles. The number of hydrogen-bond donors (Lipinski definition) is 1. The summed E-state index contributed by atoms with van der Waals surface area (Å²) in [7, 11) is 0.456. The molecule has 0 spiro atoms. The van der Waals surface area contributed by atoms with Crippen molar-refractivity contribution in [3.05, 3.63) is 11.5 Å². The second-order valence-corrected chi connectivity index (χ2v) is 8.14. The average Bonchev–Trinajstić information content (AvgIpc) is 2.79. The first-order chi connectivity index (χ1) is 10.3. The van der Waals surface area contributed by atoms with E-state index in [4.69, 9.17) is 4.52 Å². The number of sulfonamides is 1. The molecule has 1 aromatic heterocycles. The zero-order chi connectivity index (χ0) is 16.3. The minimum Gasteiger partial charge on any atom is -0.360 e. The lowest BCUT2D eigenvalue weighted by Gasteiger charge is -2.34. The highest BCUT2D eigenvalue weighted by molar-refractivity contribution is 7.89. The van der Waals surface area contributed by atoms with Gasteiger partial charge in [-0.05, 0) is 46.7 Å². The molecule has 0 unspecified atom stereocenters. The molecule has 1 atom stereocenters. The highest BCUT2D eigenvalue weighted by Crippen LogP contribution is 2.28. The molecule has 0 saturated heterocycles. The van der Waals surface area contributed by atoms with Crippen LogP contribution in [0.15, 0.2) is 9.42 Å². The molecular weight excluding hydrogens is 302 g/mol. The molecule has 1 saturated carbocycles. The number of nitrogens with zero attached hydrogens (tertiary/aromatic N) is 2. The molecule has 1 aliphatic rings. The molecule has 2 rings (SSSR count). The van der Waals surface area contributed by atoms with Crippen LogP contribution in [-0.4, -0.2) is 45.2 Å². The molecule has 1 N–H and O–H groups in total. The van der Waals surface area contributed by atoms with Gasteiger partial charge >= 0.3 is 0 Å². The quantitative estimate of drug-likeness (QED) is 0.865. The molecular formula is C15H27N3O3S. The molecule has 6 nitrogen and oxygen atoms in total. The van der Waals surface area contributed by atoms with Gasteiger partial charge in [0.1, 0.15) is 10.6 Å². The zero-order valence-corrected chi connectivity index (χ0v) is 14.7. The fourth-order valence-electron chi connectivity index (χ4n) is 3.42. The number of aromatic nitrogens is 1. The number of likely N-dealkylation sites (N-methyl/N-ethyl adjacent to an activating group) is 1. The summed E-state index contributed by atoms with van der Waals surface area (Å²) in [6, 6.07) is 0.218. The molecule has 22 heavy (non-hydrogen) atoms. The van der Waals surface area contributed by atoms with E-state index in [1.165, 1.54) is 32.1 Å². The monoisotopic (exact) mass is 329 g/mol. The summed E-state index contributed by atoms with van der Waals surface area (Å²) in [4.78, 5) is 2.31. The van der Waals surface area contributed by atoms with E-state index in [0.717, 1.165) is 0 Å². The number of rotatable bonds is 6. The van der Waals surface area contributed by atoms with Crippen molar-refractivity contribution in [2.75, 3.05) is 20.6 Å². The summed E-state index contributed by atoms with van der Waals surface area (Å²) < 4.78 is 32.8. The van der Waals surface area contributed by atoms with Gasteiger partial charge in [-0.3, -0.25) is 0 Å². The molecule has 0 aromatic carbocycles. The van der Waals surface area contributed by atoms with Gasteiger partial charge in [-0.1, -0.05) is 24.4 Å². The van der Waals surface area contributed by atoms with Crippen molar-refractivity contribution in [2.24, 2.45) is 5.92 Å². The van der Waals surface area contributed by atoms with Crippen LogP contribution in [0.5, 0.6) is 0 Å². The van der Waals surface area contributed by atoms with Gasteiger partial charge in [-0.2, -0.15) is 0 Å². The van der Waals surface area contributed by atoms with Crippen LogP contribution in [0.1, 0.15) is 43.6 Å². The maximum absolute atomic E-state index is 12.5. The zero-order valence-electron chi connectivity index (χ0n) is 13.9. The van der Waals surface area contributed by atoms with Gasteiger partial charge in [0, 0.05) is 12.6 Å². The van der Waals surface area contributed by atoms with Gasteiger partial charge in [0.2, 0.25) is 10.0 Å². The molecule has 0 radical (unpaired) electrons. The molecule has 1 aromatic rings. The van der Waals surface area contributed by atoms with E-state index in [1.54, 1.807) is 13.8 Å². The highest BCUT2D eigenvalue weighted by Gasteiger charge is 2.29. The van der Waals surface area contributed by atoms with Crippen LogP contribution in [-0.2, 0) is 10.0 Å². The Labute approximate surface area is 133 Å². The summed E-state index contributed by atoms with van der Waals surface area (Å²) in [6.07, 6.45) is 6.13. The summed E-state index contributed by atoms with van der Waals surface area (Å²) in [6.45, 7) is 3.69. The fraction of sp³-hybridized carbons (Fsp3) is 0.800. The second-order valence-electron chi connectivity index (χ2n) is 6.43. The van der Waals surface area contributed by atoms with Crippen LogP contribution >= 0.6 is 0 Å². The summed E-state index contributed by atoms with van der Waals surface area (Å²) in [5, 5.41) is 3.73. The molecule has 1 aliphatic carbocycles. The third-order valence-corrected chi connectivity index (χ3v) is 6.24. The van der Waals surface area contributed by atoms with Gasteiger partial charge < -0.3 is 9.42 Å². The smallest absolute Gasteiger partial charge is 0.246 e. The van der Waals surface area contributed by atoms with E-state index in [2.05, 4.69) is 14.8 Å². The highest BCUT2D eigenvalue weighted by atomic mass is 32.2. The van der Waals surface area contributed by atoms with Crippen LogP contribution in [0.2, 0.25) is 0 Å². The Kier molecular flexibility index (Phi) is 5.63. The maximum Gasteiger partial charge on any atom is 0.246 e. The lowest BCUT2D eigenvalue weighted by molar-refractivity contribution is 0.172. The lowest BCUT2D eigenvalue weighted by atomic mass is 9.83. The van der Waals surface area contributed by atoms with Crippen molar-refractivity contribution in [3.8, 4) is 0 Å². The first-order valence-electron chi connectivity index (χ1n) is 7.92. The van der Waals surface area contributed by atoms with Gasteiger partial charge in [0.05, 0.1) is 0 Å². The Bertz CT molecular complexity index is 570. The predicted octanol–water partition coefficient (Wildman–Crippen LogP) is 2.08. The number of hydrogen-bond acceptors (Lipinski definition) is 5. The van der Waals surface area contributed by atoms with Crippen molar-refractivity contribution in [2.45, 2.75) is 56.9 Å². The molecule has 7 heteroatoms. The van der Waals surface area contributed by atoms with Crippen molar-refractivity contribution < 1.29 is 12.9 Å². The topological polar surface area (TPSA) is 75.4 Å². The summed E-state index contributed by atoms with van der Waals surface area (Å²) in [5.41, 5.74) is 0.407. The van der Waals surface area contributed by atoms with Crippen molar-refractivity contribution in [3.63, 3.8) is 0 Å². The minimum atomic E-state index is -3.58. The minimum absolute atomic E-state index is 0.175. The molecule has 126 valence electrons. The first kappa shape index (κ1) is 17.4.